The highest BCUT2D eigenvalue weighted by Gasteiger charge is 2.58. The molecule has 0 radical (unpaired) electrons. The molecule has 2 atom stereocenters. The summed E-state index contributed by atoms with van der Waals surface area (Å²) in [4.78, 5) is 27.0. The quantitative estimate of drug-likeness (QED) is 0.112. The summed E-state index contributed by atoms with van der Waals surface area (Å²) in [6, 6.07) is 0. The number of unbranched alkanes of at least 4 members (excludes halogenated alkanes) is 12. The minimum Gasteiger partial charge on any atom is -0.465 e. The summed E-state index contributed by atoms with van der Waals surface area (Å²) in [5, 5.41) is 0. The molecule has 2 unspecified atom stereocenters. The van der Waals surface area contributed by atoms with E-state index in [-0.39, 0.29) is 17.9 Å². The monoisotopic (exact) mass is 478 g/mol. The molecule has 198 valence electrons. The molecule has 0 N–H and O–H groups in total. The van der Waals surface area contributed by atoms with Gasteiger partial charge in [-0.2, -0.15) is 0 Å². The van der Waals surface area contributed by atoms with Gasteiger partial charge in [-0.15, -0.1) is 0 Å². The summed E-state index contributed by atoms with van der Waals surface area (Å²) in [5.41, 5.74) is -1.05. The largest absolute Gasteiger partial charge is 0.465 e. The lowest BCUT2D eigenvalue weighted by Crippen LogP contribution is -2.53. The van der Waals surface area contributed by atoms with Crippen LogP contribution in [0.3, 0.4) is 0 Å². The van der Waals surface area contributed by atoms with Crippen LogP contribution in [-0.2, 0) is 19.1 Å². The smallest absolute Gasteiger partial charge is 0.323 e. The predicted molar refractivity (Wildman–Crippen MR) is 140 cm³/mol. The summed E-state index contributed by atoms with van der Waals surface area (Å²) in [5.74, 6) is 0.0251. The van der Waals surface area contributed by atoms with E-state index >= 15 is 0 Å². The van der Waals surface area contributed by atoms with Crippen LogP contribution in [0.5, 0.6) is 0 Å². The summed E-state index contributed by atoms with van der Waals surface area (Å²) < 4.78 is 11.7. The molecule has 0 bridgehead atoms. The SMILES string of the molecule is CCCCCCCCCOC(=O)C1(C(=O)OCCCCCCCCC)CCCC2CCCCC21. The number of hydrogen-bond acceptors (Lipinski definition) is 4. The minimum atomic E-state index is -1.05. The van der Waals surface area contributed by atoms with E-state index in [2.05, 4.69) is 13.8 Å². The van der Waals surface area contributed by atoms with Gasteiger partial charge in [0.1, 0.15) is 0 Å². The lowest BCUT2D eigenvalue weighted by Gasteiger charge is -2.46. The minimum absolute atomic E-state index is 0.109. The molecule has 2 saturated carbocycles. The van der Waals surface area contributed by atoms with Gasteiger partial charge >= 0.3 is 11.9 Å². The Kier molecular flexibility index (Phi) is 14.9. The highest BCUT2D eigenvalue weighted by molar-refractivity contribution is 6.00. The molecule has 2 fully saturated rings. The molecule has 4 heteroatoms. The third-order valence-electron chi connectivity index (χ3n) is 8.38. The second kappa shape index (κ2) is 17.4. The van der Waals surface area contributed by atoms with Crippen molar-refractivity contribution in [3.05, 3.63) is 0 Å². The van der Waals surface area contributed by atoms with Crippen molar-refractivity contribution in [2.75, 3.05) is 13.2 Å². The maximum atomic E-state index is 13.5. The van der Waals surface area contributed by atoms with E-state index in [4.69, 9.17) is 9.47 Å². The number of carbonyl (C=O) groups excluding carboxylic acids is 2. The molecule has 0 aromatic carbocycles. The molecule has 2 aliphatic carbocycles. The van der Waals surface area contributed by atoms with Crippen LogP contribution in [0, 0.1) is 17.3 Å². The summed E-state index contributed by atoms with van der Waals surface area (Å²) in [6.45, 7) is 5.35. The molecule has 0 spiro atoms. The zero-order valence-corrected chi connectivity index (χ0v) is 22.6. The number of fused-ring (bicyclic) bond motifs is 1. The van der Waals surface area contributed by atoms with Gasteiger partial charge in [-0.25, -0.2) is 0 Å². The Bertz CT molecular complexity index is 524. The van der Waals surface area contributed by atoms with Gasteiger partial charge < -0.3 is 9.47 Å². The predicted octanol–water partition coefficient (Wildman–Crippen LogP) is 8.55. The molecular weight excluding hydrogens is 424 g/mol. The summed E-state index contributed by atoms with van der Waals surface area (Å²) in [6.07, 6.45) is 23.8. The Morgan fingerprint density at radius 1 is 0.618 bits per heavy atom. The van der Waals surface area contributed by atoms with Gasteiger partial charge in [-0.1, -0.05) is 123 Å². The standard InChI is InChI=1S/C30H54O4/c1-3-5-7-9-11-13-17-24-33-28(31)30(23-19-21-26-20-15-16-22-27(26)30)29(32)34-25-18-14-12-10-8-6-4-2/h26-27H,3-25H2,1-2H3. The van der Waals surface area contributed by atoms with E-state index in [1.165, 1.54) is 70.6 Å². The number of carbonyl (C=O) groups is 2. The molecule has 2 aliphatic rings. The van der Waals surface area contributed by atoms with E-state index in [0.29, 0.717) is 25.6 Å². The lowest BCUT2D eigenvalue weighted by atomic mass is 9.57. The first-order chi connectivity index (χ1) is 16.7. The van der Waals surface area contributed by atoms with E-state index in [1.54, 1.807) is 0 Å². The molecule has 0 aliphatic heterocycles. The normalized spacial score (nSPS) is 21.6. The second-order valence-electron chi connectivity index (χ2n) is 11.0. The zero-order chi connectivity index (χ0) is 24.5. The fraction of sp³-hybridized carbons (Fsp3) is 0.933. The van der Waals surface area contributed by atoms with Crippen LogP contribution in [0.15, 0.2) is 0 Å². The van der Waals surface area contributed by atoms with Gasteiger partial charge in [0.05, 0.1) is 13.2 Å². The Labute approximate surface area is 210 Å². The molecule has 0 heterocycles. The first-order valence-electron chi connectivity index (χ1n) is 15.0. The first kappa shape index (κ1) is 29.2. The third-order valence-corrected chi connectivity index (χ3v) is 8.38. The van der Waals surface area contributed by atoms with E-state index in [1.807, 2.05) is 0 Å². The van der Waals surface area contributed by atoms with Crippen LogP contribution >= 0.6 is 0 Å². The second-order valence-corrected chi connectivity index (χ2v) is 11.0. The van der Waals surface area contributed by atoms with Gasteiger partial charge in [0.15, 0.2) is 5.41 Å². The van der Waals surface area contributed by atoms with Crippen LogP contribution in [-0.4, -0.2) is 25.2 Å². The average Bonchev–Trinajstić information content (AvgIpc) is 2.86. The molecular formula is C30H54O4. The van der Waals surface area contributed by atoms with Crippen LogP contribution in [0.1, 0.15) is 149 Å². The van der Waals surface area contributed by atoms with Crippen molar-refractivity contribution < 1.29 is 19.1 Å². The Morgan fingerprint density at radius 2 is 1.06 bits per heavy atom. The van der Waals surface area contributed by atoms with Crippen molar-refractivity contribution in [1.82, 2.24) is 0 Å². The Hall–Kier alpha value is -1.06. The molecule has 0 amide bonds. The van der Waals surface area contributed by atoms with Gasteiger partial charge in [-0.3, -0.25) is 9.59 Å². The van der Waals surface area contributed by atoms with Crippen LogP contribution in [0.25, 0.3) is 0 Å². The maximum Gasteiger partial charge on any atom is 0.323 e. The topological polar surface area (TPSA) is 52.6 Å². The number of esters is 2. The van der Waals surface area contributed by atoms with E-state index in [0.717, 1.165) is 57.8 Å². The fourth-order valence-corrected chi connectivity index (χ4v) is 6.33. The fourth-order valence-electron chi connectivity index (χ4n) is 6.33. The number of hydrogen-bond donors (Lipinski definition) is 0. The van der Waals surface area contributed by atoms with Crippen molar-refractivity contribution in [2.24, 2.45) is 17.3 Å². The Morgan fingerprint density at radius 3 is 1.59 bits per heavy atom. The molecule has 34 heavy (non-hydrogen) atoms. The van der Waals surface area contributed by atoms with Crippen molar-refractivity contribution in [2.45, 2.75) is 149 Å². The molecule has 0 aromatic rings. The average molecular weight is 479 g/mol. The summed E-state index contributed by atoms with van der Waals surface area (Å²) >= 11 is 0. The van der Waals surface area contributed by atoms with E-state index < -0.39 is 5.41 Å². The van der Waals surface area contributed by atoms with Gasteiger partial charge in [0, 0.05) is 0 Å². The first-order valence-corrected chi connectivity index (χ1v) is 15.0. The van der Waals surface area contributed by atoms with Crippen molar-refractivity contribution in [3.8, 4) is 0 Å². The van der Waals surface area contributed by atoms with Crippen LogP contribution < -0.4 is 0 Å². The van der Waals surface area contributed by atoms with Gasteiger partial charge in [-0.05, 0) is 37.5 Å². The zero-order valence-electron chi connectivity index (χ0n) is 22.6. The third kappa shape index (κ3) is 9.19. The highest BCUT2D eigenvalue weighted by Crippen LogP contribution is 2.52. The molecule has 0 aromatic heterocycles. The van der Waals surface area contributed by atoms with Crippen molar-refractivity contribution in [3.63, 3.8) is 0 Å². The summed E-state index contributed by atoms with van der Waals surface area (Å²) in [7, 11) is 0. The van der Waals surface area contributed by atoms with Gasteiger partial charge in [0.2, 0.25) is 0 Å². The van der Waals surface area contributed by atoms with Gasteiger partial charge in [0.25, 0.3) is 0 Å². The van der Waals surface area contributed by atoms with Crippen LogP contribution in [0.2, 0.25) is 0 Å². The number of rotatable bonds is 18. The van der Waals surface area contributed by atoms with E-state index in [9.17, 15) is 9.59 Å². The van der Waals surface area contributed by atoms with Crippen molar-refractivity contribution in [1.29, 1.82) is 0 Å². The molecule has 0 saturated heterocycles. The molecule has 4 nitrogen and oxygen atoms in total. The van der Waals surface area contributed by atoms with Crippen LogP contribution in [0.4, 0.5) is 0 Å². The number of ether oxygens (including phenoxy) is 2. The molecule has 2 rings (SSSR count). The lowest BCUT2D eigenvalue weighted by molar-refractivity contribution is -0.184. The highest BCUT2D eigenvalue weighted by atomic mass is 16.6. The van der Waals surface area contributed by atoms with Crippen molar-refractivity contribution >= 4 is 11.9 Å². The Balaban J connectivity index is 1.86. The maximum absolute atomic E-state index is 13.5.